The highest BCUT2D eigenvalue weighted by Crippen LogP contribution is 2.40. The van der Waals surface area contributed by atoms with E-state index < -0.39 is 0 Å². The Morgan fingerprint density at radius 3 is 2.88 bits per heavy atom. The van der Waals surface area contributed by atoms with Crippen molar-refractivity contribution in [3.05, 3.63) is 35.8 Å². The van der Waals surface area contributed by atoms with Gasteiger partial charge in [0, 0.05) is 12.6 Å². The molecule has 1 saturated heterocycles. The Balaban J connectivity index is 1.38. The minimum Gasteiger partial charge on any atom is -0.464 e. The second kappa shape index (κ2) is 6.99. The van der Waals surface area contributed by atoms with Gasteiger partial charge in [0.25, 0.3) is 0 Å². The summed E-state index contributed by atoms with van der Waals surface area (Å²) in [4.78, 5) is 17.5. The second-order valence-corrected chi connectivity index (χ2v) is 8.29. The maximum atomic E-state index is 13.0. The predicted molar refractivity (Wildman–Crippen MR) is 98.1 cm³/mol. The zero-order valence-electron chi connectivity index (χ0n) is 15.4. The molecule has 1 aromatic heterocycles. The Hall–Kier alpha value is -1.55. The molecule has 1 aliphatic heterocycles. The molecule has 0 aromatic carbocycles. The molecule has 4 nitrogen and oxygen atoms in total. The van der Waals surface area contributed by atoms with Gasteiger partial charge in [0.1, 0.15) is 11.5 Å². The number of hydrogen-bond acceptors (Lipinski definition) is 3. The van der Waals surface area contributed by atoms with E-state index in [1.54, 1.807) is 0 Å². The summed E-state index contributed by atoms with van der Waals surface area (Å²) >= 11 is 0. The molecule has 3 aliphatic rings. The fourth-order valence-electron chi connectivity index (χ4n) is 4.59. The van der Waals surface area contributed by atoms with Crippen molar-refractivity contribution < 1.29 is 9.21 Å². The molecule has 136 valence electrons. The topological polar surface area (TPSA) is 36.7 Å². The van der Waals surface area contributed by atoms with Gasteiger partial charge in [-0.3, -0.25) is 9.69 Å². The van der Waals surface area contributed by atoms with E-state index in [9.17, 15) is 4.79 Å². The Morgan fingerprint density at radius 1 is 1.32 bits per heavy atom. The van der Waals surface area contributed by atoms with E-state index >= 15 is 0 Å². The number of carbonyl (C=O) groups is 1. The lowest BCUT2D eigenvalue weighted by Gasteiger charge is -2.44. The quantitative estimate of drug-likeness (QED) is 0.762. The molecule has 0 unspecified atom stereocenters. The van der Waals surface area contributed by atoms with Crippen LogP contribution in [0.3, 0.4) is 0 Å². The maximum absolute atomic E-state index is 13.0. The van der Waals surface area contributed by atoms with Crippen molar-refractivity contribution in [2.24, 2.45) is 5.41 Å². The van der Waals surface area contributed by atoms with Gasteiger partial charge < -0.3 is 9.32 Å². The van der Waals surface area contributed by atoms with Crippen molar-refractivity contribution in [3.63, 3.8) is 0 Å². The van der Waals surface area contributed by atoms with Crippen LogP contribution in [-0.2, 0) is 11.3 Å². The minimum absolute atomic E-state index is 0.278. The van der Waals surface area contributed by atoms with Crippen molar-refractivity contribution in [1.82, 2.24) is 9.80 Å². The molecular formula is C21H30N2O2. The molecule has 0 radical (unpaired) electrons. The molecule has 1 aromatic rings. The highest BCUT2D eigenvalue weighted by Gasteiger charge is 2.38. The van der Waals surface area contributed by atoms with Gasteiger partial charge in [0.15, 0.2) is 0 Å². The van der Waals surface area contributed by atoms with Crippen LogP contribution in [0.5, 0.6) is 0 Å². The van der Waals surface area contributed by atoms with E-state index in [1.165, 1.54) is 32.1 Å². The number of rotatable bonds is 5. The first kappa shape index (κ1) is 16.9. The summed E-state index contributed by atoms with van der Waals surface area (Å²) in [5.41, 5.74) is 0.426. The third-order valence-corrected chi connectivity index (χ3v) is 6.09. The van der Waals surface area contributed by atoms with Gasteiger partial charge in [-0.05, 0) is 76.0 Å². The van der Waals surface area contributed by atoms with E-state index in [4.69, 9.17) is 4.42 Å². The summed E-state index contributed by atoms with van der Waals surface area (Å²) in [6.45, 7) is 5.30. The highest BCUT2D eigenvalue weighted by atomic mass is 16.3. The van der Waals surface area contributed by atoms with Crippen molar-refractivity contribution in [2.75, 3.05) is 19.6 Å². The molecule has 0 N–H and O–H groups in total. The van der Waals surface area contributed by atoms with Gasteiger partial charge in [-0.1, -0.05) is 12.2 Å². The number of amides is 1. The van der Waals surface area contributed by atoms with Gasteiger partial charge in [0.2, 0.25) is 5.91 Å². The molecule has 1 saturated carbocycles. The Labute approximate surface area is 150 Å². The standard InChI is InChI=1S/C21H30N2O2/c1-17-6-9-19(25-17)14-23(18-7-8-18)20(24)15-22-13-5-12-21(16-22)10-3-2-4-11-21/h2-3,6,9,18H,4-5,7-8,10-16H2,1H3/t21-/m1/s1. The number of hydrogen-bond donors (Lipinski definition) is 0. The van der Waals surface area contributed by atoms with Crippen LogP contribution >= 0.6 is 0 Å². The van der Waals surface area contributed by atoms with E-state index in [-0.39, 0.29) is 5.91 Å². The third kappa shape index (κ3) is 4.00. The van der Waals surface area contributed by atoms with E-state index in [0.717, 1.165) is 37.5 Å². The molecule has 1 amide bonds. The lowest BCUT2D eigenvalue weighted by atomic mass is 9.71. The summed E-state index contributed by atoms with van der Waals surface area (Å²) in [5.74, 6) is 2.10. The number of likely N-dealkylation sites (tertiary alicyclic amines) is 1. The van der Waals surface area contributed by atoms with E-state index in [0.29, 0.717) is 24.5 Å². The number of allylic oxidation sites excluding steroid dienone is 2. The zero-order chi connectivity index (χ0) is 17.3. The maximum Gasteiger partial charge on any atom is 0.237 e. The van der Waals surface area contributed by atoms with Gasteiger partial charge in [-0.2, -0.15) is 0 Å². The van der Waals surface area contributed by atoms with Crippen LogP contribution in [0.4, 0.5) is 0 Å². The normalized spacial score (nSPS) is 26.9. The average Bonchev–Trinajstić information content (AvgIpc) is 3.35. The van der Waals surface area contributed by atoms with Crippen LogP contribution < -0.4 is 0 Å². The van der Waals surface area contributed by atoms with Crippen molar-refractivity contribution in [3.8, 4) is 0 Å². The fraction of sp³-hybridized carbons (Fsp3) is 0.667. The smallest absolute Gasteiger partial charge is 0.237 e. The number of aryl methyl sites for hydroxylation is 1. The number of carbonyl (C=O) groups excluding carboxylic acids is 1. The van der Waals surface area contributed by atoms with Crippen LogP contribution in [0.2, 0.25) is 0 Å². The highest BCUT2D eigenvalue weighted by molar-refractivity contribution is 5.79. The molecule has 4 rings (SSSR count). The van der Waals surface area contributed by atoms with E-state index in [1.807, 2.05) is 19.1 Å². The molecule has 25 heavy (non-hydrogen) atoms. The minimum atomic E-state index is 0.278. The van der Waals surface area contributed by atoms with Gasteiger partial charge >= 0.3 is 0 Å². The lowest BCUT2D eigenvalue weighted by molar-refractivity contribution is -0.134. The van der Waals surface area contributed by atoms with Crippen LogP contribution in [0.15, 0.2) is 28.7 Å². The molecule has 2 fully saturated rings. The largest absolute Gasteiger partial charge is 0.464 e. The number of piperidine rings is 1. The Kier molecular flexibility index (Phi) is 4.72. The average molecular weight is 342 g/mol. The van der Waals surface area contributed by atoms with Crippen molar-refractivity contribution >= 4 is 5.91 Å². The molecule has 1 atom stereocenters. The first-order valence-corrected chi connectivity index (χ1v) is 9.86. The van der Waals surface area contributed by atoms with Crippen molar-refractivity contribution in [2.45, 2.75) is 64.5 Å². The summed E-state index contributed by atoms with van der Waals surface area (Å²) in [6.07, 6.45) is 13.2. The predicted octanol–water partition coefficient (Wildman–Crippen LogP) is 3.90. The summed E-state index contributed by atoms with van der Waals surface area (Å²) < 4.78 is 5.71. The summed E-state index contributed by atoms with van der Waals surface area (Å²) in [5, 5.41) is 0. The molecule has 0 bridgehead atoms. The van der Waals surface area contributed by atoms with Gasteiger partial charge in [0.05, 0.1) is 13.1 Å². The third-order valence-electron chi connectivity index (χ3n) is 6.09. The van der Waals surface area contributed by atoms with Crippen LogP contribution in [0, 0.1) is 12.3 Å². The lowest BCUT2D eigenvalue weighted by Crippen LogP contribution is -2.48. The van der Waals surface area contributed by atoms with Gasteiger partial charge in [-0.15, -0.1) is 0 Å². The Morgan fingerprint density at radius 2 is 2.20 bits per heavy atom. The van der Waals surface area contributed by atoms with Crippen LogP contribution in [-0.4, -0.2) is 41.4 Å². The SMILES string of the molecule is Cc1ccc(CN(C(=O)CN2CCC[C@]3(CC=CCC3)C2)C2CC2)o1. The first-order chi connectivity index (χ1) is 12.1. The van der Waals surface area contributed by atoms with Crippen molar-refractivity contribution in [1.29, 1.82) is 0 Å². The van der Waals surface area contributed by atoms with Crippen LogP contribution in [0.1, 0.15) is 56.5 Å². The van der Waals surface area contributed by atoms with Gasteiger partial charge in [-0.25, -0.2) is 0 Å². The number of furan rings is 1. The summed E-state index contributed by atoms with van der Waals surface area (Å²) in [6, 6.07) is 4.41. The molecular weight excluding hydrogens is 312 g/mol. The molecule has 4 heteroatoms. The molecule has 2 heterocycles. The summed E-state index contributed by atoms with van der Waals surface area (Å²) in [7, 11) is 0. The first-order valence-electron chi connectivity index (χ1n) is 9.86. The monoisotopic (exact) mass is 342 g/mol. The second-order valence-electron chi connectivity index (χ2n) is 8.29. The van der Waals surface area contributed by atoms with E-state index in [2.05, 4.69) is 22.0 Å². The van der Waals surface area contributed by atoms with Crippen LogP contribution in [0.25, 0.3) is 0 Å². The number of nitrogens with zero attached hydrogens (tertiary/aromatic N) is 2. The fourth-order valence-corrected chi connectivity index (χ4v) is 4.59. The zero-order valence-corrected chi connectivity index (χ0v) is 15.4. The molecule has 2 aliphatic carbocycles. The molecule has 1 spiro atoms. The Bertz CT molecular complexity index is 646.